The summed E-state index contributed by atoms with van der Waals surface area (Å²) in [6, 6.07) is 6.38. The fraction of sp³-hybridized carbons (Fsp3) is 0.500. The van der Waals surface area contributed by atoms with Crippen LogP contribution in [-0.4, -0.2) is 28.9 Å². The zero-order valence-corrected chi connectivity index (χ0v) is 14.8. The Morgan fingerprint density at radius 3 is 2.86 bits per heavy atom. The standard InChI is InChI=1S/C16H20BrN3OS/c17-11-4-5-12-14(10-11)22-16(19-12)13(6-7-15(18)21)20-8-2-1-3-9-20/h4-5,10,13H,1-3,6-9H2,(H2,18,21). The lowest BCUT2D eigenvalue weighted by Crippen LogP contribution is -2.34. The smallest absolute Gasteiger partial charge is 0.217 e. The Labute approximate surface area is 142 Å². The van der Waals surface area contributed by atoms with E-state index in [9.17, 15) is 4.79 Å². The number of nitrogens with two attached hydrogens (primary N) is 1. The Kier molecular flexibility index (Phi) is 5.10. The largest absolute Gasteiger partial charge is 0.370 e. The number of rotatable bonds is 5. The number of likely N-dealkylation sites (tertiary alicyclic amines) is 1. The maximum atomic E-state index is 11.2. The quantitative estimate of drug-likeness (QED) is 0.855. The minimum atomic E-state index is -0.231. The van der Waals surface area contributed by atoms with Crippen molar-refractivity contribution in [3.63, 3.8) is 0 Å². The van der Waals surface area contributed by atoms with Crippen molar-refractivity contribution in [2.45, 2.75) is 38.1 Å². The third-order valence-electron chi connectivity index (χ3n) is 4.15. The third kappa shape index (κ3) is 3.67. The van der Waals surface area contributed by atoms with Gasteiger partial charge in [-0.1, -0.05) is 22.4 Å². The highest BCUT2D eigenvalue weighted by atomic mass is 79.9. The number of benzene rings is 1. The van der Waals surface area contributed by atoms with Gasteiger partial charge in [0.25, 0.3) is 0 Å². The molecule has 0 aliphatic carbocycles. The van der Waals surface area contributed by atoms with Crippen molar-refractivity contribution in [2.75, 3.05) is 13.1 Å². The minimum Gasteiger partial charge on any atom is -0.370 e. The molecule has 1 fully saturated rings. The summed E-state index contributed by atoms with van der Waals surface area (Å²) in [5.41, 5.74) is 6.39. The summed E-state index contributed by atoms with van der Waals surface area (Å²) in [7, 11) is 0. The molecule has 0 spiro atoms. The summed E-state index contributed by atoms with van der Waals surface area (Å²) in [5.74, 6) is -0.231. The van der Waals surface area contributed by atoms with Crippen LogP contribution in [-0.2, 0) is 4.79 Å². The van der Waals surface area contributed by atoms with E-state index in [1.807, 2.05) is 12.1 Å². The number of aromatic nitrogens is 1. The molecule has 2 aromatic rings. The molecule has 1 aliphatic heterocycles. The Balaban J connectivity index is 1.89. The number of fused-ring (bicyclic) bond motifs is 1. The van der Waals surface area contributed by atoms with Crippen LogP contribution >= 0.6 is 27.3 Å². The number of hydrogen-bond acceptors (Lipinski definition) is 4. The van der Waals surface area contributed by atoms with E-state index in [-0.39, 0.29) is 11.9 Å². The number of halogens is 1. The molecule has 0 radical (unpaired) electrons. The van der Waals surface area contributed by atoms with Gasteiger partial charge in [-0.3, -0.25) is 9.69 Å². The third-order valence-corrected chi connectivity index (χ3v) is 5.76. The molecule has 0 saturated carbocycles. The molecule has 2 N–H and O–H groups in total. The lowest BCUT2D eigenvalue weighted by Gasteiger charge is -2.33. The number of amides is 1. The molecule has 1 amide bonds. The van der Waals surface area contributed by atoms with Gasteiger partial charge in [0.1, 0.15) is 5.01 Å². The van der Waals surface area contributed by atoms with Gasteiger partial charge in [-0.15, -0.1) is 11.3 Å². The first kappa shape index (κ1) is 15.9. The number of nitrogens with zero attached hydrogens (tertiary/aromatic N) is 2. The molecule has 6 heteroatoms. The molecule has 1 aromatic carbocycles. The number of carbonyl (C=O) groups excluding carboxylic acids is 1. The summed E-state index contributed by atoms with van der Waals surface area (Å²) in [4.78, 5) is 18.5. The van der Waals surface area contributed by atoms with Crippen LogP contribution in [0.2, 0.25) is 0 Å². The fourth-order valence-corrected chi connectivity index (χ4v) is 4.72. The maximum absolute atomic E-state index is 11.2. The second kappa shape index (κ2) is 7.06. The van der Waals surface area contributed by atoms with Crippen molar-refractivity contribution in [2.24, 2.45) is 5.73 Å². The first-order valence-electron chi connectivity index (χ1n) is 7.72. The van der Waals surface area contributed by atoms with Gasteiger partial charge in [-0.2, -0.15) is 0 Å². The number of piperidine rings is 1. The summed E-state index contributed by atoms with van der Waals surface area (Å²) in [5, 5.41) is 1.11. The second-order valence-electron chi connectivity index (χ2n) is 5.78. The van der Waals surface area contributed by atoms with Crippen molar-refractivity contribution in [1.82, 2.24) is 9.88 Å². The molecular weight excluding hydrogens is 362 g/mol. The molecule has 3 rings (SSSR count). The van der Waals surface area contributed by atoms with E-state index < -0.39 is 0 Å². The number of thiazole rings is 1. The zero-order valence-electron chi connectivity index (χ0n) is 12.4. The van der Waals surface area contributed by atoms with Crippen LogP contribution in [0.15, 0.2) is 22.7 Å². The lowest BCUT2D eigenvalue weighted by atomic mass is 10.0. The van der Waals surface area contributed by atoms with Crippen molar-refractivity contribution >= 4 is 43.4 Å². The molecule has 2 heterocycles. The Hall–Kier alpha value is -0.980. The highest BCUT2D eigenvalue weighted by Gasteiger charge is 2.25. The van der Waals surface area contributed by atoms with Crippen molar-refractivity contribution < 1.29 is 4.79 Å². The van der Waals surface area contributed by atoms with Gasteiger partial charge in [-0.05, 0) is 50.6 Å². The van der Waals surface area contributed by atoms with Gasteiger partial charge < -0.3 is 5.73 Å². The molecule has 0 bridgehead atoms. The van der Waals surface area contributed by atoms with Gasteiger partial charge in [0.05, 0.1) is 16.3 Å². The first-order valence-corrected chi connectivity index (χ1v) is 9.33. The van der Waals surface area contributed by atoms with Crippen LogP contribution in [0.5, 0.6) is 0 Å². The van der Waals surface area contributed by atoms with E-state index in [2.05, 4.69) is 26.9 Å². The van der Waals surface area contributed by atoms with Gasteiger partial charge in [0.2, 0.25) is 5.91 Å². The predicted molar refractivity (Wildman–Crippen MR) is 93.9 cm³/mol. The molecule has 1 saturated heterocycles. The topological polar surface area (TPSA) is 59.2 Å². The van der Waals surface area contributed by atoms with E-state index in [0.29, 0.717) is 6.42 Å². The Morgan fingerprint density at radius 1 is 1.36 bits per heavy atom. The van der Waals surface area contributed by atoms with Crippen LogP contribution in [0.4, 0.5) is 0 Å². The number of primary amides is 1. The fourth-order valence-electron chi connectivity index (χ4n) is 3.03. The van der Waals surface area contributed by atoms with Crippen molar-refractivity contribution in [3.05, 3.63) is 27.7 Å². The minimum absolute atomic E-state index is 0.212. The maximum Gasteiger partial charge on any atom is 0.217 e. The summed E-state index contributed by atoms with van der Waals surface area (Å²) in [6.45, 7) is 2.17. The van der Waals surface area contributed by atoms with E-state index in [1.54, 1.807) is 11.3 Å². The monoisotopic (exact) mass is 381 g/mol. The molecule has 1 aromatic heterocycles. The van der Waals surface area contributed by atoms with Crippen molar-refractivity contribution in [3.8, 4) is 0 Å². The molecule has 1 atom stereocenters. The molecule has 1 aliphatic rings. The summed E-state index contributed by atoms with van der Waals surface area (Å²) in [6.07, 6.45) is 4.93. The van der Waals surface area contributed by atoms with E-state index >= 15 is 0 Å². The molecule has 1 unspecified atom stereocenters. The number of carbonyl (C=O) groups is 1. The average Bonchev–Trinajstić information content (AvgIpc) is 2.91. The lowest BCUT2D eigenvalue weighted by molar-refractivity contribution is -0.118. The van der Waals surface area contributed by atoms with Gasteiger partial charge >= 0.3 is 0 Å². The SMILES string of the molecule is NC(=O)CCC(c1nc2ccc(Br)cc2s1)N1CCCCC1. The van der Waals surface area contributed by atoms with Crippen LogP contribution in [0.3, 0.4) is 0 Å². The van der Waals surface area contributed by atoms with Crippen LogP contribution in [0.1, 0.15) is 43.2 Å². The second-order valence-corrected chi connectivity index (χ2v) is 7.76. The van der Waals surface area contributed by atoms with Crippen molar-refractivity contribution in [1.29, 1.82) is 0 Å². The van der Waals surface area contributed by atoms with Gasteiger partial charge in [-0.25, -0.2) is 4.98 Å². The van der Waals surface area contributed by atoms with Gasteiger partial charge in [0.15, 0.2) is 0 Å². The predicted octanol–water partition coefficient (Wildman–Crippen LogP) is 3.85. The first-order chi connectivity index (χ1) is 10.6. The average molecular weight is 382 g/mol. The highest BCUT2D eigenvalue weighted by Crippen LogP contribution is 2.35. The highest BCUT2D eigenvalue weighted by molar-refractivity contribution is 9.10. The number of hydrogen-bond donors (Lipinski definition) is 1. The normalized spacial score (nSPS) is 17.7. The van der Waals surface area contributed by atoms with E-state index in [0.717, 1.165) is 34.5 Å². The van der Waals surface area contributed by atoms with Crippen LogP contribution in [0.25, 0.3) is 10.2 Å². The molecular formula is C16H20BrN3OS. The van der Waals surface area contributed by atoms with E-state index in [1.165, 1.54) is 24.0 Å². The van der Waals surface area contributed by atoms with E-state index in [4.69, 9.17) is 10.7 Å². The van der Waals surface area contributed by atoms with Crippen LogP contribution < -0.4 is 5.73 Å². The Morgan fingerprint density at radius 2 is 2.14 bits per heavy atom. The summed E-state index contributed by atoms with van der Waals surface area (Å²) >= 11 is 5.24. The zero-order chi connectivity index (χ0) is 15.5. The molecule has 4 nitrogen and oxygen atoms in total. The molecule has 118 valence electrons. The molecule has 22 heavy (non-hydrogen) atoms. The van der Waals surface area contributed by atoms with Crippen LogP contribution in [0, 0.1) is 0 Å². The Bertz CT molecular complexity index is 666. The van der Waals surface area contributed by atoms with Gasteiger partial charge in [0, 0.05) is 10.9 Å². The summed E-state index contributed by atoms with van der Waals surface area (Å²) < 4.78 is 2.26.